The Labute approximate surface area is 118 Å². The van der Waals surface area contributed by atoms with Crippen molar-refractivity contribution in [2.24, 2.45) is 0 Å². The molecular weight excluding hydrogens is 256 g/mol. The van der Waals surface area contributed by atoms with Crippen LogP contribution in [0.5, 0.6) is 0 Å². The zero-order valence-electron chi connectivity index (χ0n) is 10.8. The van der Waals surface area contributed by atoms with Crippen molar-refractivity contribution in [3.05, 3.63) is 53.7 Å². The Balaban J connectivity index is 2.07. The van der Waals surface area contributed by atoms with E-state index in [-0.39, 0.29) is 5.91 Å². The quantitative estimate of drug-likeness (QED) is 0.675. The molecule has 0 spiro atoms. The fraction of sp³-hybridized carbons (Fsp3) is 0.200. The van der Waals surface area contributed by atoms with Gasteiger partial charge in [0.05, 0.1) is 0 Å². The van der Waals surface area contributed by atoms with Crippen LogP contribution in [0.1, 0.15) is 18.9 Å². The van der Waals surface area contributed by atoms with E-state index in [1.807, 2.05) is 49.4 Å². The highest BCUT2D eigenvalue weighted by Crippen LogP contribution is 2.11. The second-order valence-electron chi connectivity index (χ2n) is 4.24. The average molecular weight is 272 g/mol. The molecule has 0 unspecified atom stereocenters. The van der Waals surface area contributed by atoms with Gasteiger partial charge in [0.1, 0.15) is 5.70 Å². The highest BCUT2D eigenvalue weighted by Gasteiger charge is 2.28. The van der Waals surface area contributed by atoms with E-state index in [1.54, 1.807) is 11.0 Å². The number of hydrogen-bond donors (Lipinski definition) is 1. The summed E-state index contributed by atoms with van der Waals surface area (Å²) in [5, 5.41) is 3.43. The molecule has 1 heterocycles. The first-order valence-electron chi connectivity index (χ1n) is 6.28. The third kappa shape index (κ3) is 3.29. The molecule has 0 aliphatic carbocycles. The van der Waals surface area contributed by atoms with E-state index in [0.29, 0.717) is 17.4 Å². The molecule has 98 valence electrons. The lowest BCUT2D eigenvalue weighted by Gasteiger charge is -2.11. The topological polar surface area (TPSA) is 32.3 Å². The number of benzene rings is 1. The minimum atomic E-state index is -0.0513. The van der Waals surface area contributed by atoms with Crippen LogP contribution in [0, 0.1) is 0 Å². The SMILES string of the molecule is CCCN1C(=O)/C(=C/C=C/c2ccccc2)NC1=S. The Morgan fingerprint density at radius 2 is 2.05 bits per heavy atom. The van der Waals surface area contributed by atoms with E-state index < -0.39 is 0 Å². The molecule has 3 nitrogen and oxygen atoms in total. The van der Waals surface area contributed by atoms with Gasteiger partial charge in [-0.2, -0.15) is 0 Å². The highest BCUT2D eigenvalue weighted by atomic mass is 32.1. The Bertz CT molecular complexity index is 534. The molecule has 0 saturated carbocycles. The predicted octanol–water partition coefficient (Wildman–Crippen LogP) is 2.71. The van der Waals surface area contributed by atoms with Crippen LogP contribution in [-0.2, 0) is 4.79 Å². The van der Waals surface area contributed by atoms with Gasteiger partial charge in [-0.25, -0.2) is 0 Å². The molecule has 0 atom stereocenters. The molecule has 2 rings (SSSR count). The van der Waals surface area contributed by atoms with Crippen LogP contribution in [0.15, 0.2) is 48.2 Å². The van der Waals surface area contributed by atoms with Crippen molar-refractivity contribution in [2.45, 2.75) is 13.3 Å². The monoisotopic (exact) mass is 272 g/mol. The molecule has 1 aromatic carbocycles. The van der Waals surface area contributed by atoms with E-state index in [4.69, 9.17) is 12.2 Å². The first-order valence-corrected chi connectivity index (χ1v) is 6.69. The van der Waals surface area contributed by atoms with Crippen LogP contribution in [0.25, 0.3) is 6.08 Å². The van der Waals surface area contributed by atoms with Gasteiger partial charge in [0.25, 0.3) is 5.91 Å². The first kappa shape index (κ1) is 13.5. The second kappa shape index (κ2) is 6.29. The van der Waals surface area contributed by atoms with E-state index in [1.165, 1.54) is 0 Å². The van der Waals surface area contributed by atoms with Crippen molar-refractivity contribution in [3.8, 4) is 0 Å². The Morgan fingerprint density at radius 1 is 1.32 bits per heavy atom. The minimum absolute atomic E-state index is 0.0513. The van der Waals surface area contributed by atoms with Crippen molar-refractivity contribution in [3.63, 3.8) is 0 Å². The zero-order chi connectivity index (χ0) is 13.7. The average Bonchev–Trinajstić information content (AvgIpc) is 2.68. The largest absolute Gasteiger partial charge is 0.328 e. The van der Waals surface area contributed by atoms with Crippen molar-refractivity contribution in [1.82, 2.24) is 10.2 Å². The summed E-state index contributed by atoms with van der Waals surface area (Å²) in [4.78, 5) is 13.6. The summed E-state index contributed by atoms with van der Waals surface area (Å²) in [5.74, 6) is -0.0513. The summed E-state index contributed by atoms with van der Waals surface area (Å²) in [6.07, 6.45) is 6.46. The van der Waals surface area contributed by atoms with E-state index >= 15 is 0 Å². The van der Waals surface area contributed by atoms with Gasteiger partial charge in [0, 0.05) is 6.54 Å². The molecule has 1 saturated heterocycles. The van der Waals surface area contributed by atoms with Gasteiger partial charge in [-0.1, -0.05) is 49.4 Å². The Morgan fingerprint density at radius 3 is 2.74 bits per heavy atom. The number of carbonyl (C=O) groups is 1. The zero-order valence-corrected chi connectivity index (χ0v) is 11.6. The van der Waals surface area contributed by atoms with Crippen LogP contribution in [0.4, 0.5) is 0 Å². The van der Waals surface area contributed by atoms with Gasteiger partial charge >= 0.3 is 0 Å². The number of nitrogens with one attached hydrogen (secondary N) is 1. The summed E-state index contributed by atoms with van der Waals surface area (Å²) >= 11 is 5.13. The fourth-order valence-corrected chi connectivity index (χ4v) is 2.12. The van der Waals surface area contributed by atoms with Gasteiger partial charge in [-0.05, 0) is 30.3 Å². The number of nitrogens with zero attached hydrogens (tertiary/aromatic N) is 1. The molecule has 1 fully saturated rings. The standard InChI is InChI=1S/C15H16N2OS/c1-2-11-17-14(18)13(16-15(17)19)10-6-9-12-7-4-3-5-8-12/h3-10H,2,11H2,1H3,(H,16,19)/b9-6+,13-10-. The number of amides is 1. The number of carbonyl (C=O) groups excluding carboxylic acids is 1. The maximum absolute atomic E-state index is 12.0. The van der Waals surface area contributed by atoms with Gasteiger partial charge < -0.3 is 5.32 Å². The molecule has 1 aliphatic rings. The third-order valence-electron chi connectivity index (χ3n) is 2.76. The Hall–Kier alpha value is -1.94. The van der Waals surface area contributed by atoms with Crippen molar-refractivity contribution in [1.29, 1.82) is 0 Å². The molecule has 0 aromatic heterocycles. The first-order chi connectivity index (χ1) is 9.22. The molecule has 0 bridgehead atoms. The van der Waals surface area contributed by atoms with Crippen molar-refractivity contribution in [2.75, 3.05) is 6.54 Å². The van der Waals surface area contributed by atoms with E-state index in [2.05, 4.69) is 5.32 Å². The molecule has 1 N–H and O–H groups in total. The molecular formula is C15H16N2OS. The summed E-state index contributed by atoms with van der Waals surface area (Å²) in [5.41, 5.74) is 1.63. The maximum Gasteiger partial charge on any atom is 0.276 e. The Kier molecular flexibility index (Phi) is 4.47. The summed E-state index contributed by atoms with van der Waals surface area (Å²) in [6, 6.07) is 9.94. The van der Waals surface area contributed by atoms with Crippen molar-refractivity contribution >= 4 is 29.3 Å². The third-order valence-corrected chi connectivity index (χ3v) is 3.08. The van der Waals surface area contributed by atoms with Gasteiger partial charge in [-0.3, -0.25) is 9.69 Å². The minimum Gasteiger partial charge on any atom is -0.328 e. The van der Waals surface area contributed by atoms with Crippen LogP contribution in [-0.4, -0.2) is 22.5 Å². The smallest absolute Gasteiger partial charge is 0.276 e. The van der Waals surface area contributed by atoms with Gasteiger partial charge in [0.15, 0.2) is 5.11 Å². The van der Waals surface area contributed by atoms with Crippen LogP contribution in [0.2, 0.25) is 0 Å². The predicted molar refractivity (Wildman–Crippen MR) is 81.3 cm³/mol. The molecule has 1 amide bonds. The number of rotatable bonds is 4. The highest BCUT2D eigenvalue weighted by molar-refractivity contribution is 7.80. The summed E-state index contributed by atoms with van der Waals surface area (Å²) in [6.45, 7) is 2.68. The lowest BCUT2D eigenvalue weighted by molar-refractivity contribution is -0.122. The second-order valence-corrected chi connectivity index (χ2v) is 4.62. The molecule has 19 heavy (non-hydrogen) atoms. The van der Waals surface area contributed by atoms with Gasteiger partial charge in [-0.15, -0.1) is 0 Å². The van der Waals surface area contributed by atoms with Crippen LogP contribution < -0.4 is 5.32 Å². The van der Waals surface area contributed by atoms with Crippen LogP contribution >= 0.6 is 12.2 Å². The normalized spacial score (nSPS) is 17.5. The maximum atomic E-state index is 12.0. The van der Waals surface area contributed by atoms with Crippen molar-refractivity contribution < 1.29 is 4.79 Å². The molecule has 4 heteroatoms. The molecule has 0 radical (unpaired) electrons. The summed E-state index contributed by atoms with van der Waals surface area (Å²) in [7, 11) is 0. The number of allylic oxidation sites excluding steroid dienone is 2. The number of hydrogen-bond acceptors (Lipinski definition) is 2. The van der Waals surface area contributed by atoms with E-state index in [0.717, 1.165) is 12.0 Å². The molecule has 1 aliphatic heterocycles. The fourth-order valence-electron chi connectivity index (χ4n) is 1.83. The van der Waals surface area contributed by atoms with E-state index in [9.17, 15) is 4.79 Å². The lowest BCUT2D eigenvalue weighted by atomic mass is 10.2. The van der Waals surface area contributed by atoms with Gasteiger partial charge in [0.2, 0.25) is 0 Å². The summed E-state index contributed by atoms with van der Waals surface area (Å²) < 4.78 is 0. The lowest BCUT2D eigenvalue weighted by Crippen LogP contribution is -2.31. The van der Waals surface area contributed by atoms with Crippen LogP contribution in [0.3, 0.4) is 0 Å². The number of thiocarbonyl (C=S) groups is 1. The molecule has 1 aromatic rings.